The van der Waals surface area contributed by atoms with Crippen molar-refractivity contribution in [1.29, 1.82) is 0 Å². The minimum absolute atomic E-state index is 0.469. The van der Waals surface area contributed by atoms with Crippen molar-refractivity contribution in [1.82, 2.24) is 5.32 Å². The number of nitrogen functional groups attached to an aromatic ring is 1. The summed E-state index contributed by atoms with van der Waals surface area (Å²) in [7, 11) is 0. The van der Waals surface area contributed by atoms with Crippen molar-refractivity contribution in [3.05, 3.63) is 54.1 Å². The Morgan fingerprint density at radius 3 is 2.46 bits per heavy atom. The van der Waals surface area contributed by atoms with E-state index in [9.17, 15) is 0 Å². The summed E-state index contributed by atoms with van der Waals surface area (Å²) in [4.78, 5) is 0. The van der Waals surface area contributed by atoms with Gasteiger partial charge in [0.1, 0.15) is 24.7 Å². The number of para-hydroxylation sites is 1. The third-order valence-electron chi connectivity index (χ3n) is 3.62. The van der Waals surface area contributed by atoms with Gasteiger partial charge in [-0.2, -0.15) is 0 Å². The van der Waals surface area contributed by atoms with Gasteiger partial charge in [-0.25, -0.2) is 0 Å². The van der Waals surface area contributed by atoms with E-state index in [-0.39, 0.29) is 0 Å². The molecule has 0 bridgehead atoms. The van der Waals surface area contributed by atoms with Gasteiger partial charge in [-0.15, -0.1) is 0 Å². The summed E-state index contributed by atoms with van der Waals surface area (Å²) >= 11 is 0. The summed E-state index contributed by atoms with van der Waals surface area (Å²) in [5.41, 5.74) is 8.01. The smallest absolute Gasteiger partial charge is 0.142 e. The van der Waals surface area contributed by atoms with Crippen LogP contribution in [-0.4, -0.2) is 25.8 Å². The SMILES string of the molecule is CC(C)NCCCc1ccc(OCCOc2ccccc2)c(N)c1. The van der Waals surface area contributed by atoms with E-state index >= 15 is 0 Å². The Bertz CT molecular complexity index is 600. The molecular weight excluding hydrogens is 300 g/mol. The second kappa shape index (κ2) is 9.83. The molecular formula is C20H28N2O2. The molecule has 130 valence electrons. The van der Waals surface area contributed by atoms with Crippen LogP contribution in [0.3, 0.4) is 0 Å². The zero-order chi connectivity index (χ0) is 17.2. The second-order valence-corrected chi connectivity index (χ2v) is 6.09. The van der Waals surface area contributed by atoms with E-state index in [0.717, 1.165) is 30.9 Å². The fourth-order valence-corrected chi connectivity index (χ4v) is 2.40. The summed E-state index contributed by atoms with van der Waals surface area (Å²) in [6.07, 6.45) is 2.12. The molecule has 3 N–H and O–H groups in total. The van der Waals surface area contributed by atoms with Crippen LogP contribution >= 0.6 is 0 Å². The van der Waals surface area contributed by atoms with E-state index in [4.69, 9.17) is 15.2 Å². The van der Waals surface area contributed by atoms with Crippen LogP contribution in [0.25, 0.3) is 0 Å². The Labute approximate surface area is 145 Å². The maximum absolute atomic E-state index is 6.09. The normalized spacial score (nSPS) is 10.8. The van der Waals surface area contributed by atoms with Crippen molar-refractivity contribution < 1.29 is 9.47 Å². The third-order valence-corrected chi connectivity index (χ3v) is 3.62. The van der Waals surface area contributed by atoms with Gasteiger partial charge in [-0.05, 0) is 49.2 Å². The standard InChI is InChI=1S/C20H28N2O2/c1-16(2)22-12-6-7-17-10-11-20(19(21)15-17)24-14-13-23-18-8-4-3-5-9-18/h3-5,8-11,15-16,22H,6-7,12-14,21H2,1-2H3. The van der Waals surface area contributed by atoms with Crippen LogP contribution in [0.1, 0.15) is 25.8 Å². The molecule has 0 aliphatic carbocycles. The lowest BCUT2D eigenvalue weighted by Gasteiger charge is -2.12. The number of benzene rings is 2. The Balaban J connectivity index is 1.71. The molecule has 0 heterocycles. The highest BCUT2D eigenvalue weighted by atomic mass is 16.5. The molecule has 2 rings (SSSR count). The molecule has 0 spiro atoms. The fraction of sp³-hybridized carbons (Fsp3) is 0.400. The molecule has 4 nitrogen and oxygen atoms in total. The summed E-state index contributed by atoms with van der Waals surface area (Å²) in [6, 6.07) is 16.3. The van der Waals surface area contributed by atoms with Crippen molar-refractivity contribution in [3.63, 3.8) is 0 Å². The molecule has 2 aromatic rings. The number of ether oxygens (including phenoxy) is 2. The summed E-state index contributed by atoms with van der Waals surface area (Å²) in [5.74, 6) is 1.56. The Morgan fingerprint density at radius 2 is 1.75 bits per heavy atom. The maximum atomic E-state index is 6.09. The van der Waals surface area contributed by atoms with E-state index in [1.165, 1.54) is 5.56 Å². The highest BCUT2D eigenvalue weighted by molar-refractivity contribution is 5.54. The van der Waals surface area contributed by atoms with Crippen molar-refractivity contribution >= 4 is 5.69 Å². The molecule has 0 aliphatic heterocycles. The minimum Gasteiger partial charge on any atom is -0.490 e. The first-order valence-electron chi connectivity index (χ1n) is 8.57. The topological polar surface area (TPSA) is 56.5 Å². The number of nitrogens with one attached hydrogen (secondary N) is 1. The number of anilines is 1. The summed E-state index contributed by atoms with van der Waals surface area (Å²) < 4.78 is 11.3. The van der Waals surface area contributed by atoms with Crippen LogP contribution in [0.15, 0.2) is 48.5 Å². The van der Waals surface area contributed by atoms with Gasteiger partial charge in [0.05, 0.1) is 5.69 Å². The van der Waals surface area contributed by atoms with Crippen LogP contribution in [0.4, 0.5) is 5.69 Å². The van der Waals surface area contributed by atoms with E-state index in [2.05, 4.69) is 25.2 Å². The number of aryl methyl sites for hydroxylation is 1. The summed E-state index contributed by atoms with van der Waals surface area (Å²) in [5, 5.41) is 3.42. The molecule has 0 saturated carbocycles. The largest absolute Gasteiger partial charge is 0.490 e. The molecule has 2 aromatic carbocycles. The Kier molecular flexibility index (Phi) is 7.43. The van der Waals surface area contributed by atoms with Gasteiger partial charge in [0.25, 0.3) is 0 Å². The van der Waals surface area contributed by atoms with E-state index in [0.29, 0.717) is 24.9 Å². The fourth-order valence-electron chi connectivity index (χ4n) is 2.40. The average molecular weight is 328 g/mol. The van der Waals surface area contributed by atoms with Gasteiger partial charge in [0.15, 0.2) is 0 Å². The zero-order valence-corrected chi connectivity index (χ0v) is 14.6. The van der Waals surface area contributed by atoms with Crippen molar-refractivity contribution in [2.45, 2.75) is 32.7 Å². The zero-order valence-electron chi connectivity index (χ0n) is 14.6. The molecule has 0 saturated heterocycles. The quantitative estimate of drug-likeness (QED) is 0.516. The second-order valence-electron chi connectivity index (χ2n) is 6.09. The molecule has 0 fully saturated rings. The highest BCUT2D eigenvalue weighted by Gasteiger charge is 2.03. The van der Waals surface area contributed by atoms with Crippen LogP contribution < -0.4 is 20.5 Å². The lowest BCUT2D eigenvalue weighted by atomic mass is 10.1. The number of hydrogen-bond acceptors (Lipinski definition) is 4. The maximum Gasteiger partial charge on any atom is 0.142 e. The van der Waals surface area contributed by atoms with Gasteiger partial charge in [0.2, 0.25) is 0 Å². The van der Waals surface area contributed by atoms with Gasteiger partial charge < -0.3 is 20.5 Å². The lowest BCUT2D eigenvalue weighted by molar-refractivity contribution is 0.218. The molecule has 0 aliphatic rings. The minimum atomic E-state index is 0.469. The molecule has 0 radical (unpaired) electrons. The van der Waals surface area contributed by atoms with Crippen molar-refractivity contribution in [2.24, 2.45) is 0 Å². The van der Waals surface area contributed by atoms with Gasteiger partial charge >= 0.3 is 0 Å². The molecule has 0 aromatic heterocycles. The number of hydrogen-bond donors (Lipinski definition) is 2. The molecule has 24 heavy (non-hydrogen) atoms. The summed E-state index contributed by atoms with van der Waals surface area (Å²) in [6.45, 7) is 6.30. The molecule has 4 heteroatoms. The third kappa shape index (κ3) is 6.50. The average Bonchev–Trinajstić information content (AvgIpc) is 2.58. The number of nitrogens with two attached hydrogens (primary N) is 1. The van der Waals surface area contributed by atoms with E-state index in [1.807, 2.05) is 42.5 Å². The molecule has 0 atom stereocenters. The molecule has 0 amide bonds. The first kappa shape index (κ1) is 18.1. The van der Waals surface area contributed by atoms with Crippen LogP contribution in [-0.2, 0) is 6.42 Å². The van der Waals surface area contributed by atoms with Crippen molar-refractivity contribution in [3.8, 4) is 11.5 Å². The van der Waals surface area contributed by atoms with Crippen LogP contribution in [0.2, 0.25) is 0 Å². The van der Waals surface area contributed by atoms with E-state index in [1.54, 1.807) is 0 Å². The number of rotatable bonds is 10. The van der Waals surface area contributed by atoms with Gasteiger partial charge in [-0.1, -0.05) is 38.1 Å². The van der Waals surface area contributed by atoms with Crippen LogP contribution in [0, 0.1) is 0 Å². The monoisotopic (exact) mass is 328 g/mol. The Hall–Kier alpha value is -2.20. The molecule has 0 unspecified atom stereocenters. The van der Waals surface area contributed by atoms with E-state index < -0.39 is 0 Å². The predicted molar refractivity (Wildman–Crippen MR) is 99.7 cm³/mol. The predicted octanol–water partition coefficient (Wildman–Crippen LogP) is 3.66. The Morgan fingerprint density at radius 1 is 1.00 bits per heavy atom. The first-order valence-corrected chi connectivity index (χ1v) is 8.57. The highest BCUT2D eigenvalue weighted by Crippen LogP contribution is 2.23. The van der Waals surface area contributed by atoms with Gasteiger partial charge in [0, 0.05) is 6.04 Å². The van der Waals surface area contributed by atoms with Crippen molar-refractivity contribution in [2.75, 3.05) is 25.5 Å². The lowest BCUT2D eigenvalue weighted by Crippen LogP contribution is -2.23. The van der Waals surface area contributed by atoms with Crippen LogP contribution in [0.5, 0.6) is 11.5 Å². The van der Waals surface area contributed by atoms with Gasteiger partial charge in [-0.3, -0.25) is 0 Å². The first-order chi connectivity index (χ1) is 11.6.